The summed E-state index contributed by atoms with van der Waals surface area (Å²) in [6.45, 7) is 14.7. The highest BCUT2D eigenvalue weighted by Gasteiger charge is 2.13. The van der Waals surface area contributed by atoms with E-state index in [1.165, 1.54) is 0 Å². The SMILES string of the molecule is C=CCC(CC=C)OCC(C)(C)C. The fraction of sp³-hybridized carbons (Fsp3) is 0.667. The summed E-state index contributed by atoms with van der Waals surface area (Å²) in [5.41, 5.74) is 0.237. The van der Waals surface area contributed by atoms with E-state index in [1.807, 2.05) is 12.2 Å². The van der Waals surface area contributed by atoms with E-state index in [4.69, 9.17) is 4.74 Å². The van der Waals surface area contributed by atoms with Gasteiger partial charge in [-0.1, -0.05) is 32.9 Å². The zero-order valence-electron chi connectivity index (χ0n) is 9.18. The van der Waals surface area contributed by atoms with E-state index in [0.29, 0.717) is 0 Å². The summed E-state index contributed by atoms with van der Waals surface area (Å²) >= 11 is 0. The normalized spacial score (nSPS) is 11.7. The second-order valence-electron chi connectivity index (χ2n) is 4.54. The lowest BCUT2D eigenvalue weighted by atomic mass is 9.98. The van der Waals surface area contributed by atoms with Gasteiger partial charge < -0.3 is 4.74 Å². The van der Waals surface area contributed by atoms with Crippen LogP contribution in [0.4, 0.5) is 0 Å². The van der Waals surface area contributed by atoms with Crippen LogP contribution in [0.3, 0.4) is 0 Å². The minimum Gasteiger partial charge on any atom is -0.377 e. The van der Waals surface area contributed by atoms with Gasteiger partial charge in [0.15, 0.2) is 0 Å². The van der Waals surface area contributed by atoms with Crippen LogP contribution in [0.15, 0.2) is 25.3 Å². The second kappa shape index (κ2) is 5.98. The molecule has 0 heterocycles. The van der Waals surface area contributed by atoms with Gasteiger partial charge in [0.05, 0.1) is 12.7 Å². The fourth-order valence-corrected chi connectivity index (χ4v) is 0.972. The highest BCUT2D eigenvalue weighted by Crippen LogP contribution is 2.16. The first-order valence-corrected chi connectivity index (χ1v) is 4.83. The van der Waals surface area contributed by atoms with Gasteiger partial charge in [0.1, 0.15) is 0 Å². The molecular weight excluding hydrogens is 160 g/mol. The molecule has 0 aromatic heterocycles. The van der Waals surface area contributed by atoms with Crippen molar-refractivity contribution in [3.05, 3.63) is 25.3 Å². The molecule has 1 heteroatoms. The van der Waals surface area contributed by atoms with Crippen molar-refractivity contribution >= 4 is 0 Å². The Morgan fingerprint density at radius 2 is 1.62 bits per heavy atom. The summed E-state index contributed by atoms with van der Waals surface area (Å²) in [5, 5.41) is 0. The van der Waals surface area contributed by atoms with Crippen molar-refractivity contribution < 1.29 is 4.74 Å². The Balaban J connectivity index is 3.80. The minimum absolute atomic E-state index is 0.237. The molecule has 1 nitrogen and oxygen atoms in total. The number of ether oxygens (including phenoxy) is 1. The number of rotatable bonds is 6. The molecule has 0 N–H and O–H groups in total. The number of hydrogen-bond acceptors (Lipinski definition) is 1. The van der Waals surface area contributed by atoms with Crippen molar-refractivity contribution in [2.24, 2.45) is 5.41 Å². The first-order chi connectivity index (χ1) is 5.99. The van der Waals surface area contributed by atoms with Crippen molar-refractivity contribution in [3.63, 3.8) is 0 Å². The van der Waals surface area contributed by atoms with Gasteiger partial charge in [-0.2, -0.15) is 0 Å². The topological polar surface area (TPSA) is 9.23 Å². The molecule has 0 saturated carbocycles. The van der Waals surface area contributed by atoms with E-state index >= 15 is 0 Å². The maximum absolute atomic E-state index is 5.74. The molecule has 0 radical (unpaired) electrons. The molecule has 13 heavy (non-hydrogen) atoms. The summed E-state index contributed by atoms with van der Waals surface area (Å²) in [5.74, 6) is 0. The largest absolute Gasteiger partial charge is 0.377 e. The van der Waals surface area contributed by atoms with Gasteiger partial charge in [0.25, 0.3) is 0 Å². The molecule has 0 fully saturated rings. The molecule has 0 rings (SSSR count). The molecule has 0 aliphatic rings. The predicted octanol–water partition coefficient (Wildman–Crippen LogP) is 3.57. The van der Waals surface area contributed by atoms with Gasteiger partial charge in [-0.25, -0.2) is 0 Å². The van der Waals surface area contributed by atoms with E-state index in [-0.39, 0.29) is 11.5 Å². The maximum Gasteiger partial charge on any atom is 0.0643 e. The molecule has 0 aliphatic carbocycles. The van der Waals surface area contributed by atoms with Crippen LogP contribution in [0, 0.1) is 5.41 Å². The first-order valence-electron chi connectivity index (χ1n) is 4.83. The third kappa shape index (κ3) is 7.79. The summed E-state index contributed by atoms with van der Waals surface area (Å²) in [7, 11) is 0. The molecular formula is C12H22O. The van der Waals surface area contributed by atoms with Crippen molar-refractivity contribution in [1.82, 2.24) is 0 Å². The lowest BCUT2D eigenvalue weighted by Crippen LogP contribution is -2.21. The predicted molar refractivity (Wildman–Crippen MR) is 58.8 cm³/mol. The highest BCUT2D eigenvalue weighted by atomic mass is 16.5. The van der Waals surface area contributed by atoms with Gasteiger partial charge in [-0.3, -0.25) is 0 Å². The van der Waals surface area contributed by atoms with E-state index in [1.54, 1.807) is 0 Å². The Labute approximate surface area is 82.5 Å². The summed E-state index contributed by atoms with van der Waals surface area (Å²) in [4.78, 5) is 0. The number of hydrogen-bond donors (Lipinski definition) is 0. The van der Waals surface area contributed by atoms with Crippen LogP contribution in [0.1, 0.15) is 33.6 Å². The molecule has 0 saturated heterocycles. The zero-order chi connectivity index (χ0) is 10.3. The molecule has 0 aromatic rings. The van der Waals surface area contributed by atoms with Crippen LogP contribution in [0.25, 0.3) is 0 Å². The summed E-state index contributed by atoms with van der Waals surface area (Å²) in [6, 6.07) is 0. The Morgan fingerprint density at radius 1 is 1.15 bits per heavy atom. The smallest absolute Gasteiger partial charge is 0.0643 e. The second-order valence-corrected chi connectivity index (χ2v) is 4.54. The van der Waals surface area contributed by atoms with E-state index in [9.17, 15) is 0 Å². The molecule has 0 spiro atoms. The zero-order valence-corrected chi connectivity index (χ0v) is 9.18. The van der Waals surface area contributed by atoms with Crippen LogP contribution < -0.4 is 0 Å². The minimum atomic E-state index is 0.237. The van der Waals surface area contributed by atoms with Crippen LogP contribution in [-0.4, -0.2) is 12.7 Å². The van der Waals surface area contributed by atoms with Crippen LogP contribution >= 0.6 is 0 Å². The average Bonchev–Trinajstić information content (AvgIpc) is 2.00. The molecule has 0 atom stereocenters. The van der Waals surface area contributed by atoms with E-state index in [0.717, 1.165) is 19.4 Å². The van der Waals surface area contributed by atoms with Crippen LogP contribution in [0.5, 0.6) is 0 Å². The third-order valence-electron chi connectivity index (χ3n) is 1.61. The van der Waals surface area contributed by atoms with Crippen LogP contribution in [-0.2, 0) is 4.74 Å². The Morgan fingerprint density at radius 3 is 1.92 bits per heavy atom. The van der Waals surface area contributed by atoms with E-state index < -0.39 is 0 Å². The quantitative estimate of drug-likeness (QED) is 0.571. The molecule has 0 unspecified atom stereocenters. The lowest BCUT2D eigenvalue weighted by molar-refractivity contribution is 0.0121. The van der Waals surface area contributed by atoms with Crippen molar-refractivity contribution in [2.45, 2.75) is 39.7 Å². The van der Waals surface area contributed by atoms with Crippen molar-refractivity contribution in [3.8, 4) is 0 Å². The van der Waals surface area contributed by atoms with Gasteiger partial charge >= 0.3 is 0 Å². The molecule has 0 bridgehead atoms. The Hall–Kier alpha value is -0.560. The Bertz CT molecular complexity index is 143. The summed E-state index contributed by atoms with van der Waals surface area (Å²) in [6.07, 6.45) is 5.87. The lowest BCUT2D eigenvalue weighted by Gasteiger charge is -2.22. The molecule has 0 aliphatic heterocycles. The van der Waals surface area contributed by atoms with Gasteiger partial charge in [-0.15, -0.1) is 13.2 Å². The average molecular weight is 182 g/mol. The standard InChI is InChI=1S/C12H22O/c1-6-8-11(9-7-2)13-10-12(3,4)5/h6-7,11H,1-2,8-10H2,3-5H3. The molecule has 76 valence electrons. The van der Waals surface area contributed by atoms with Crippen molar-refractivity contribution in [2.75, 3.05) is 6.61 Å². The monoisotopic (exact) mass is 182 g/mol. The van der Waals surface area contributed by atoms with Gasteiger partial charge in [0, 0.05) is 0 Å². The molecule has 0 aromatic carbocycles. The van der Waals surface area contributed by atoms with Crippen molar-refractivity contribution in [1.29, 1.82) is 0 Å². The fourth-order valence-electron chi connectivity index (χ4n) is 0.972. The molecule has 0 amide bonds. The maximum atomic E-state index is 5.74. The highest BCUT2D eigenvalue weighted by molar-refractivity contribution is 4.80. The Kier molecular flexibility index (Phi) is 5.72. The third-order valence-corrected chi connectivity index (χ3v) is 1.61. The van der Waals surface area contributed by atoms with Gasteiger partial charge in [-0.05, 0) is 18.3 Å². The first kappa shape index (κ1) is 12.4. The summed E-state index contributed by atoms with van der Waals surface area (Å²) < 4.78 is 5.74. The van der Waals surface area contributed by atoms with Gasteiger partial charge in [0.2, 0.25) is 0 Å². The van der Waals surface area contributed by atoms with Crippen LogP contribution in [0.2, 0.25) is 0 Å². The van der Waals surface area contributed by atoms with E-state index in [2.05, 4.69) is 33.9 Å².